The Morgan fingerprint density at radius 3 is 2.61 bits per heavy atom. The molecular weight excluding hydrogens is 374 g/mol. The van der Waals surface area contributed by atoms with Crippen molar-refractivity contribution in [2.24, 2.45) is 11.3 Å². The van der Waals surface area contributed by atoms with Gasteiger partial charge in [0.05, 0.1) is 10.5 Å². The number of nitrogens with one attached hydrogen (secondary N) is 2. The summed E-state index contributed by atoms with van der Waals surface area (Å²) in [5.41, 5.74) is 3.16. The molecule has 2 aromatic rings. The molecule has 0 spiro atoms. The third-order valence-corrected chi connectivity index (χ3v) is 7.68. The average molecular weight is 400 g/mol. The molecular formula is C21H25N3O3S. The predicted octanol–water partition coefficient (Wildman–Crippen LogP) is 5.05. The molecule has 1 aromatic carbocycles. The van der Waals surface area contributed by atoms with Crippen LogP contribution in [0.15, 0.2) is 24.3 Å². The highest BCUT2D eigenvalue weighted by atomic mass is 32.1. The number of nitrogens with zero attached hydrogens (tertiary/aromatic N) is 1. The van der Waals surface area contributed by atoms with Gasteiger partial charge in [0.2, 0.25) is 0 Å². The van der Waals surface area contributed by atoms with E-state index in [9.17, 15) is 14.9 Å². The molecule has 2 N–H and O–H groups in total. The minimum Gasteiger partial charge on any atom is -0.353 e. The molecule has 0 saturated carbocycles. The van der Waals surface area contributed by atoms with Crippen LogP contribution in [0.2, 0.25) is 0 Å². The van der Waals surface area contributed by atoms with Crippen molar-refractivity contribution in [1.82, 2.24) is 5.32 Å². The van der Waals surface area contributed by atoms with Gasteiger partial charge in [0.15, 0.2) is 0 Å². The highest BCUT2D eigenvalue weighted by Gasteiger charge is 2.37. The molecule has 0 fully saturated rings. The van der Waals surface area contributed by atoms with Crippen LogP contribution in [0.3, 0.4) is 0 Å². The standard InChI is InChI=1S/C21H25N3O3S/c1-4-21(2,3)13-7-10-15-16(11-13)28-20-17(15)19(25)22-18(23-20)12-5-8-14(9-6-12)24(26)27/h5-6,8-9,13,18,23H,4,7,10-11H2,1-3H3,(H,22,25)/t13-,18+/m0/s1. The Balaban J connectivity index is 1.60. The molecule has 0 unspecified atom stereocenters. The van der Waals surface area contributed by atoms with Gasteiger partial charge in [-0.25, -0.2) is 0 Å². The molecule has 148 valence electrons. The molecule has 0 radical (unpaired) electrons. The van der Waals surface area contributed by atoms with Crippen LogP contribution in [-0.4, -0.2) is 10.8 Å². The van der Waals surface area contributed by atoms with Crippen LogP contribution in [0.1, 0.15) is 66.1 Å². The lowest BCUT2D eigenvalue weighted by Gasteiger charge is -2.36. The van der Waals surface area contributed by atoms with Gasteiger partial charge in [0.1, 0.15) is 11.2 Å². The van der Waals surface area contributed by atoms with Crippen molar-refractivity contribution < 1.29 is 9.72 Å². The largest absolute Gasteiger partial charge is 0.353 e. The molecule has 2 atom stereocenters. The van der Waals surface area contributed by atoms with Crippen LogP contribution in [0.25, 0.3) is 0 Å². The van der Waals surface area contributed by atoms with E-state index in [1.807, 2.05) is 0 Å². The van der Waals surface area contributed by atoms with E-state index in [2.05, 4.69) is 31.4 Å². The fourth-order valence-corrected chi connectivity index (χ4v) is 5.56. The number of carbonyl (C=O) groups excluding carboxylic acids is 1. The van der Waals surface area contributed by atoms with Gasteiger partial charge in [0.25, 0.3) is 11.6 Å². The number of fused-ring (bicyclic) bond motifs is 3. The summed E-state index contributed by atoms with van der Waals surface area (Å²) in [6.45, 7) is 6.93. The maximum absolute atomic E-state index is 12.9. The van der Waals surface area contributed by atoms with Gasteiger partial charge < -0.3 is 10.6 Å². The third kappa shape index (κ3) is 3.17. The first-order valence-corrected chi connectivity index (χ1v) is 10.6. The molecule has 1 aliphatic heterocycles. The van der Waals surface area contributed by atoms with Crippen molar-refractivity contribution in [2.75, 3.05) is 5.32 Å². The fraction of sp³-hybridized carbons (Fsp3) is 0.476. The summed E-state index contributed by atoms with van der Waals surface area (Å²) < 4.78 is 0. The number of amides is 1. The van der Waals surface area contributed by atoms with Gasteiger partial charge in [-0.3, -0.25) is 14.9 Å². The predicted molar refractivity (Wildman–Crippen MR) is 111 cm³/mol. The quantitative estimate of drug-likeness (QED) is 0.556. The number of hydrogen-bond donors (Lipinski definition) is 2. The highest BCUT2D eigenvalue weighted by Crippen LogP contribution is 2.46. The molecule has 1 amide bonds. The van der Waals surface area contributed by atoms with Gasteiger partial charge in [-0.15, -0.1) is 11.3 Å². The monoisotopic (exact) mass is 399 g/mol. The van der Waals surface area contributed by atoms with E-state index in [4.69, 9.17) is 0 Å². The molecule has 0 saturated heterocycles. The Morgan fingerprint density at radius 1 is 1.25 bits per heavy atom. The second kappa shape index (κ2) is 6.88. The first-order valence-electron chi connectivity index (χ1n) is 9.76. The number of rotatable bonds is 4. The molecule has 2 aliphatic rings. The Labute approximate surface area is 168 Å². The highest BCUT2D eigenvalue weighted by molar-refractivity contribution is 7.16. The van der Waals surface area contributed by atoms with Crippen molar-refractivity contribution in [3.63, 3.8) is 0 Å². The van der Waals surface area contributed by atoms with Crippen LogP contribution >= 0.6 is 11.3 Å². The molecule has 6 nitrogen and oxygen atoms in total. The lowest BCUT2D eigenvalue weighted by molar-refractivity contribution is -0.384. The zero-order valence-electron chi connectivity index (χ0n) is 16.4. The average Bonchev–Trinajstić information content (AvgIpc) is 3.06. The van der Waals surface area contributed by atoms with E-state index in [0.29, 0.717) is 11.3 Å². The van der Waals surface area contributed by atoms with E-state index < -0.39 is 4.92 Å². The normalized spacial score (nSPS) is 21.3. The molecule has 28 heavy (non-hydrogen) atoms. The number of thiophene rings is 1. The van der Waals surface area contributed by atoms with Gasteiger partial charge >= 0.3 is 0 Å². The first kappa shape index (κ1) is 18.9. The molecule has 7 heteroatoms. The Morgan fingerprint density at radius 2 is 1.96 bits per heavy atom. The van der Waals surface area contributed by atoms with Crippen LogP contribution < -0.4 is 10.6 Å². The summed E-state index contributed by atoms with van der Waals surface area (Å²) in [5, 5.41) is 18.2. The van der Waals surface area contributed by atoms with Crippen LogP contribution in [0.4, 0.5) is 10.7 Å². The van der Waals surface area contributed by atoms with Gasteiger partial charge in [-0.1, -0.05) is 27.2 Å². The zero-order chi connectivity index (χ0) is 20.1. The van der Waals surface area contributed by atoms with E-state index in [-0.39, 0.29) is 17.8 Å². The van der Waals surface area contributed by atoms with Gasteiger partial charge in [-0.05, 0) is 53.9 Å². The maximum Gasteiger partial charge on any atom is 0.269 e. The summed E-state index contributed by atoms with van der Waals surface area (Å²) in [6, 6.07) is 6.31. The van der Waals surface area contributed by atoms with Crippen LogP contribution in [0.5, 0.6) is 0 Å². The summed E-state index contributed by atoms with van der Waals surface area (Å²) in [4.78, 5) is 24.6. The van der Waals surface area contributed by atoms with E-state index >= 15 is 0 Å². The van der Waals surface area contributed by atoms with Crippen molar-refractivity contribution in [3.05, 3.63) is 55.9 Å². The number of anilines is 1. The van der Waals surface area contributed by atoms with E-state index in [0.717, 1.165) is 41.8 Å². The van der Waals surface area contributed by atoms with Gasteiger partial charge in [0, 0.05) is 17.0 Å². The molecule has 1 aliphatic carbocycles. The minimum atomic E-state index is -0.420. The molecule has 2 heterocycles. The fourth-order valence-electron chi connectivity index (χ4n) is 4.21. The van der Waals surface area contributed by atoms with Crippen molar-refractivity contribution in [3.8, 4) is 0 Å². The smallest absolute Gasteiger partial charge is 0.269 e. The maximum atomic E-state index is 12.9. The Kier molecular flexibility index (Phi) is 4.65. The number of hydrogen-bond acceptors (Lipinski definition) is 5. The SMILES string of the molecule is CCC(C)(C)[C@H]1CCc2c(sc3c2C(=O)N[C@@H](c2ccc([N+](=O)[O-])cc2)N3)C1. The lowest BCUT2D eigenvalue weighted by Crippen LogP contribution is -2.38. The van der Waals surface area contributed by atoms with Gasteiger partial charge in [-0.2, -0.15) is 0 Å². The number of nitro benzene ring substituents is 1. The second-order valence-electron chi connectivity index (χ2n) is 8.39. The second-order valence-corrected chi connectivity index (χ2v) is 9.49. The van der Waals surface area contributed by atoms with E-state index in [1.54, 1.807) is 23.5 Å². The number of non-ortho nitro benzene ring substituents is 1. The molecule has 1 aromatic heterocycles. The minimum absolute atomic E-state index is 0.0442. The summed E-state index contributed by atoms with van der Waals surface area (Å²) >= 11 is 1.70. The Bertz CT molecular complexity index is 933. The molecule has 0 bridgehead atoms. The number of benzene rings is 1. The van der Waals surface area contributed by atoms with Crippen LogP contribution in [0, 0.1) is 21.4 Å². The van der Waals surface area contributed by atoms with Crippen LogP contribution in [-0.2, 0) is 12.8 Å². The third-order valence-electron chi connectivity index (χ3n) is 6.50. The lowest BCUT2D eigenvalue weighted by atomic mass is 9.69. The molecule has 4 rings (SSSR count). The zero-order valence-corrected chi connectivity index (χ0v) is 17.2. The van der Waals surface area contributed by atoms with Crippen molar-refractivity contribution in [1.29, 1.82) is 0 Å². The van der Waals surface area contributed by atoms with Crippen molar-refractivity contribution >= 4 is 27.9 Å². The summed E-state index contributed by atoms with van der Waals surface area (Å²) in [6.07, 6.45) is 3.89. The number of carbonyl (C=O) groups is 1. The first-order chi connectivity index (χ1) is 13.3. The summed E-state index contributed by atoms with van der Waals surface area (Å²) in [7, 11) is 0. The van der Waals surface area contributed by atoms with E-state index in [1.165, 1.54) is 22.6 Å². The summed E-state index contributed by atoms with van der Waals surface area (Å²) in [5.74, 6) is 0.585. The van der Waals surface area contributed by atoms with Crippen molar-refractivity contribution in [2.45, 2.75) is 52.6 Å². The topological polar surface area (TPSA) is 84.3 Å². The Hall–Kier alpha value is -2.41. The number of nitro groups is 1.